The third-order valence-corrected chi connectivity index (χ3v) is 4.40. The van der Waals surface area contributed by atoms with Gasteiger partial charge in [0.25, 0.3) is 5.91 Å². The smallest absolute Gasteiger partial charge is 0.256 e. The van der Waals surface area contributed by atoms with Gasteiger partial charge >= 0.3 is 0 Å². The maximum absolute atomic E-state index is 12.7. The molecular formula is C14H18ClN3O4S. The van der Waals surface area contributed by atoms with Gasteiger partial charge in [-0.25, -0.2) is 8.42 Å². The summed E-state index contributed by atoms with van der Waals surface area (Å²) in [6.45, 7) is 0.897. The fourth-order valence-electron chi connectivity index (χ4n) is 2.62. The van der Waals surface area contributed by atoms with Crippen LogP contribution in [0.1, 0.15) is 23.2 Å². The molecular weight excluding hydrogens is 342 g/mol. The number of amides is 2. The molecule has 1 aromatic carbocycles. The first-order valence-electron chi connectivity index (χ1n) is 7.00. The number of nitrogens with zero attached hydrogens (tertiary/aromatic N) is 1. The molecule has 23 heavy (non-hydrogen) atoms. The number of halogens is 1. The van der Waals surface area contributed by atoms with Gasteiger partial charge in [-0.3, -0.25) is 14.3 Å². The van der Waals surface area contributed by atoms with Gasteiger partial charge < -0.3 is 10.6 Å². The van der Waals surface area contributed by atoms with E-state index in [9.17, 15) is 18.0 Å². The second kappa shape index (κ2) is 6.76. The van der Waals surface area contributed by atoms with Crippen molar-refractivity contribution in [1.29, 1.82) is 0 Å². The van der Waals surface area contributed by atoms with Crippen LogP contribution in [0, 0.1) is 5.92 Å². The van der Waals surface area contributed by atoms with E-state index in [1.165, 1.54) is 18.2 Å². The molecule has 2 rings (SSSR count). The molecule has 1 unspecified atom stereocenters. The lowest BCUT2D eigenvalue weighted by Crippen LogP contribution is -2.30. The second-order valence-electron chi connectivity index (χ2n) is 5.64. The molecule has 1 fully saturated rings. The van der Waals surface area contributed by atoms with Crippen LogP contribution in [0.25, 0.3) is 0 Å². The van der Waals surface area contributed by atoms with E-state index in [1.54, 1.807) is 4.90 Å². The van der Waals surface area contributed by atoms with Gasteiger partial charge in [-0.1, -0.05) is 11.6 Å². The third kappa shape index (κ3) is 4.84. The normalized spacial score (nSPS) is 18.0. The van der Waals surface area contributed by atoms with Crippen LogP contribution in [0.15, 0.2) is 18.2 Å². The molecule has 126 valence electrons. The Morgan fingerprint density at radius 1 is 1.43 bits per heavy atom. The molecule has 1 heterocycles. The lowest BCUT2D eigenvalue weighted by atomic mass is 10.1. The summed E-state index contributed by atoms with van der Waals surface area (Å²) in [6.07, 6.45) is 1.92. The summed E-state index contributed by atoms with van der Waals surface area (Å²) in [5, 5.41) is 0.334. The van der Waals surface area contributed by atoms with Gasteiger partial charge in [0.2, 0.25) is 15.9 Å². The van der Waals surface area contributed by atoms with Crippen molar-refractivity contribution in [2.75, 3.05) is 24.1 Å². The first kappa shape index (κ1) is 17.6. The number of likely N-dealkylation sites (tertiary alicyclic amines) is 1. The zero-order chi connectivity index (χ0) is 17.2. The molecule has 2 amide bonds. The van der Waals surface area contributed by atoms with Crippen molar-refractivity contribution in [3.8, 4) is 0 Å². The minimum atomic E-state index is -3.52. The summed E-state index contributed by atoms with van der Waals surface area (Å²) in [5.41, 5.74) is 5.55. The molecule has 7 nitrogen and oxygen atoms in total. The Balaban J connectivity index is 2.22. The van der Waals surface area contributed by atoms with E-state index in [2.05, 4.69) is 4.72 Å². The van der Waals surface area contributed by atoms with Crippen LogP contribution in [0.3, 0.4) is 0 Å². The number of rotatable bonds is 5. The molecule has 9 heteroatoms. The summed E-state index contributed by atoms with van der Waals surface area (Å²) >= 11 is 5.93. The fraction of sp³-hybridized carbons (Fsp3) is 0.429. The zero-order valence-electron chi connectivity index (χ0n) is 12.6. The highest BCUT2D eigenvalue weighted by Gasteiger charge is 2.29. The number of carbonyl (C=O) groups excluding carboxylic acids is 2. The number of hydrogen-bond acceptors (Lipinski definition) is 4. The minimum Gasteiger partial charge on any atom is -0.370 e. The third-order valence-electron chi connectivity index (χ3n) is 3.57. The molecule has 3 N–H and O–H groups in total. The van der Waals surface area contributed by atoms with Gasteiger partial charge in [-0.15, -0.1) is 0 Å². The fourth-order valence-corrected chi connectivity index (χ4v) is 3.37. The number of hydrogen-bond donors (Lipinski definition) is 2. The summed E-state index contributed by atoms with van der Waals surface area (Å²) < 4.78 is 25.2. The quantitative estimate of drug-likeness (QED) is 0.818. The predicted octanol–water partition coefficient (Wildman–Crippen LogP) is 1.05. The van der Waals surface area contributed by atoms with Crippen LogP contribution in [0.4, 0.5) is 5.69 Å². The van der Waals surface area contributed by atoms with Crippen LogP contribution >= 0.6 is 11.6 Å². The number of sulfonamides is 1. The van der Waals surface area contributed by atoms with Crippen molar-refractivity contribution in [1.82, 2.24) is 4.90 Å². The van der Waals surface area contributed by atoms with Crippen LogP contribution in [-0.2, 0) is 14.8 Å². The van der Waals surface area contributed by atoms with E-state index in [4.69, 9.17) is 17.3 Å². The van der Waals surface area contributed by atoms with Crippen LogP contribution in [0.2, 0.25) is 5.02 Å². The number of benzene rings is 1. The number of carbonyl (C=O) groups is 2. The highest BCUT2D eigenvalue weighted by atomic mass is 35.5. The topological polar surface area (TPSA) is 110 Å². The van der Waals surface area contributed by atoms with E-state index < -0.39 is 15.9 Å². The van der Waals surface area contributed by atoms with Gasteiger partial charge in [0.1, 0.15) is 0 Å². The lowest BCUT2D eigenvalue weighted by molar-refractivity contribution is -0.118. The minimum absolute atomic E-state index is 0.0296. The predicted molar refractivity (Wildman–Crippen MR) is 87.7 cm³/mol. The van der Waals surface area contributed by atoms with Crippen molar-refractivity contribution in [3.05, 3.63) is 28.8 Å². The largest absolute Gasteiger partial charge is 0.370 e. The summed E-state index contributed by atoms with van der Waals surface area (Å²) in [4.78, 5) is 25.2. The Kier molecular flexibility index (Phi) is 5.16. The van der Waals surface area contributed by atoms with Gasteiger partial charge in [-0.05, 0) is 30.5 Å². The lowest BCUT2D eigenvalue weighted by Gasteiger charge is -2.19. The SMILES string of the molecule is CS(=O)(=O)Nc1ccc(Cl)cc1C(=O)N1CCC(CC(N)=O)C1. The number of anilines is 1. The first-order valence-corrected chi connectivity index (χ1v) is 9.27. The molecule has 0 spiro atoms. The maximum Gasteiger partial charge on any atom is 0.256 e. The molecule has 1 aromatic rings. The van der Waals surface area contributed by atoms with Crippen molar-refractivity contribution in [2.45, 2.75) is 12.8 Å². The van der Waals surface area contributed by atoms with E-state index >= 15 is 0 Å². The van der Waals surface area contributed by atoms with Crippen molar-refractivity contribution < 1.29 is 18.0 Å². The van der Waals surface area contributed by atoms with E-state index in [0.717, 1.165) is 6.26 Å². The maximum atomic E-state index is 12.7. The Morgan fingerprint density at radius 3 is 2.74 bits per heavy atom. The van der Waals surface area contributed by atoms with E-state index in [1.807, 2.05) is 0 Å². The molecule has 0 radical (unpaired) electrons. The van der Waals surface area contributed by atoms with E-state index in [0.29, 0.717) is 24.5 Å². The molecule has 1 atom stereocenters. The van der Waals surface area contributed by atoms with Gasteiger partial charge in [0.05, 0.1) is 17.5 Å². The highest BCUT2D eigenvalue weighted by Crippen LogP contribution is 2.26. The Hall–Kier alpha value is -1.80. The molecule has 1 saturated heterocycles. The Morgan fingerprint density at radius 2 is 2.13 bits per heavy atom. The number of nitrogens with one attached hydrogen (secondary N) is 1. The van der Waals surface area contributed by atoms with Crippen molar-refractivity contribution >= 4 is 39.1 Å². The Bertz CT molecular complexity index is 736. The molecule has 1 aliphatic rings. The summed E-state index contributed by atoms with van der Waals surface area (Å²) in [6, 6.07) is 4.39. The highest BCUT2D eigenvalue weighted by molar-refractivity contribution is 7.92. The van der Waals surface area contributed by atoms with Crippen molar-refractivity contribution in [2.24, 2.45) is 11.7 Å². The molecule has 0 bridgehead atoms. The average molecular weight is 360 g/mol. The molecule has 0 aliphatic carbocycles. The average Bonchev–Trinajstić information content (AvgIpc) is 2.86. The van der Waals surface area contributed by atoms with Crippen LogP contribution in [-0.4, -0.2) is 44.5 Å². The standard InChI is InChI=1S/C14H18ClN3O4S/c1-23(21,22)17-12-3-2-10(15)7-11(12)14(20)18-5-4-9(8-18)6-13(16)19/h2-3,7,9,17H,4-6,8H2,1H3,(H2,16,19). The van der Waals surface area contributed by atoms with Crippen LogP contribution < -0.4 is 10.5 Å². The molecule has 1 aliphatic heterocycles. The second-order valence-corrected chi connectivity index (χ2v) is 7.83. The van der Waals surface area contributed by atoms with Crippen LogP contribution in [0.5, 0.6) is 0 Å². The monoisotopic (exact) mass is 359 g/mol. The van der Waals surface area contributed by atoms with Gasteiger partial charge in [-0.2, -0.15) is 0 Å². The number of nitrogens with two attached hydrogens (primary N) is 1. The summed E-state index contributed by atoms with van der Waals surface area (Å²) in [5.74, 6) is -0.695. The number of primary amides is 1. The first-order chi connectivity index (χ1) is 10.7. The zero-order valence-corrected chi connectivity index (χ0v) is 14.2. The van der Waals surface area contributed by atoms with Gasteiger partial charge in [0, 0.05) is 24.5 Å². The Labute approximate surface area is 139 Å². The summed E-state index contributed by atoms with van der Waals surface area (Å²) in [7, 11) is -3.52. The van der Waals surface area contributed by atoms with Gasteiger partial charge in [0.15, 0.2) is 0 Å². The van der Waals surface area contributed by atoms with Crippen molar-refractivity contribution in [3.63, 3.8) is 0 Å². The van der Waals surface area contributed by atoms with E-state index in [-0.39, 0.29) is 29.5 Å². The molecule has 0 saturated carbocycles. The molecule has 0 aromatic heterocycles.